The lowest BCUT2D eigenvalue weighted by Crippen LogP contribution is -2.19. The fourth-order valence-electron chi connectivity index (χ4n) is 3.33. The Morgan fingerprint density at radius 3 is 1.45 bits per heavy atom. The van der Waals surface area contributed by atoms with E-state index in [1.54, 1.807) is 31.2 Å². The fourth-order valence-corrected chi connectivity index (χ4v) is 5.50. The molecule has 0 saturated carbocycles. The second kappa shape index (κ2) is 8.62. The van der Waals surface area contributed by atoms with Crippen molar-refractivity contribution in [2.24, 2.45) is 0 Å². The molecule has 3 aromatic rings. The van der Waals surface area contributed by atoms with Gasteiger partial charge < -0.3 is 0 Å². The summed E-state index contributed by atoms with van der Waals surface area (Å²) in [7, 11) is -1.38. The average molecular weight is 495 g/mol. The second-order valence-corrected chi connectivity index (χ2v) is 9.33. The summed E-state index contributed by atoms with van der Waals surface area (Å²) in [4.78, 5) is 0.600. The Morgan fingerprint density at radius 1 is 0.545 bits per heavy atom. The predicted octanol–water partition coefficient (Wildman–Crippen LogP) is 8.46. The van der Waals surface area contributed by atoms with Crippen LogP contribution in [-0.2, 0) is 29.4 Å². The first-order valence-corrected chi connectivity index (χ1v) is 10.6. The van der Waals surface area contributed by atoms with Gasteiger partial charge in [-0.2, -0.15) is 39.5 Å². The molecule has 0 amide bonds. The van der Waals surface area contributed by atoms with Crippen molar-refractivity contribution in [1.82, 2.24) is 0 Å². The first-order chi connectivity index (χ1) is 15.1. The molecule has 1 unspecified atom stereocenters. The third-order valence-electron chi connectivity index (χ3n) is 4.81. The van der Waals surface area contributed by atoms with E-state index in [2.05, 4.69) is 0 Å². The number of alkyl halides is 9. The van der Waals surface area contributed by atoms with Crippen LogP contribution >= 0.6 is 0 Å². The van der Waals surface area contributed by atoms with E-state index in [0.29, 0.717) is 11.0 Å². The standard InChI is InChI=1S/C23H16F9S/c1-13-3-7-16(8-4-13)33(17-9-5-15(6-10-17)21(24,25)26)18-11-14(2)20(23(30,31)32)19(12-18)22(27,28)29/h3-12H,1-2H3/q+1. The van der Waals surface area contributed by atoms with Gasteiger partial charge in [-0.15, -0.1) is 0 Å². The van der Waals surface area contributed by atoms with Crippen molar-refractivity contribution < 1.29 is 39.5 Å². The molecule has 0 aliphatic rings. The van der Waals surface area contributed by atoms with Crippen molar-refractivity contribution >= 4 is 10.9 Å². The Kier molecular flexibility index (Phi) is 6.54. The second-order valence-electron chi connectivity index (χ2n) is 7.30. The topological polar surface area (TPSA) is 0 Å². The van der Waals surface area contributed by atoms with Crippen LogP contribution in [0.4, 0.5) is 39.5 Å². The molecule has 0 fully saturated rings. The van der Waals surface area contributed by atoms with Crippen molar-refractivity contribution in [1.29, 1.82) is 0 Å². The third-order valence-corrected chi connectivity index (χ3v) is 7.00. The number of benzene rings is 3. The van der Waals surface area contributed by atoms with Crippen LogP contribution in [0.15, 0.2) is 75.4 Å². The molecule has 0 aromatic heterocycles. The van der Waals surface area contributed by atoms with E-state index >= 15 is 0 Å². The fraction of sp³-hybridized carbons (Fsp3) is 0.217. The van der Waals surface area contributed by atoms with Crippen LogP contribution in [-0.4, -0.2) is 0 Å². The van der Waals surface area contributed by atoms with Gasteiger partial charge in [-0.1, -0.05) is 17.7 Å². The van der Waals surface area contributed by atoms with Gasteiger partial charge in [-0.3, -0.25) is 0 Å². The van der Waals surface area contributed by atoms with Gasteiger partial charge in [-0.05, 0) is 61.9 Å². The van der Waals surface area contributed by atoms with Crippen LogP contribution in [0.2, 0.25) is 0 Å². The molecule has 1 atom stereocenters. The lowest BCUT2D eigenvalue weighted by Gasteiger charge is -2.19. The minimum absolute atomic E-state index is 0.0866. The van der Waals surface area contributed by atoms with E-state index in [1.807, 2.05) is 0 Å². The molecular weight excluding hydrogens is 479 g/mol. The molecule has 176 valence electrons. The monoisotopic (exact) mass is 495 g/mol. The third kappa shape index (κ3) is 5.48. The molecule has 10 heteroatoms. The molecule has 0 spiro atoms. The normalized spacial score (nSPS) is 13.8. The van der Waals surface area contributed by atoms with Gasteiger partial charge in [-0.25, -0.2) is 0 Å². The van der Waals surface area contributed by atoms with Gasteiger partial charge >= 0.3 is 18.5 Å². The summed E-state index contributed by atoms with van der Waals surface area (Å²) in [5.41, 5.74) is -4.35. The summed E-state index contributed by atoms with van der Waals surface area (Å²) in [6.07, 6.45) is -15.1. The quantitative estimate of drug-likeness (QED) is 0.253. The van der Waals surface area contributed by atoms with E-state index in [0.717, 1.165) is 42.8 Å². The van der Waals surface area contributed by atoms with E-state index in [4.69, 9.17) is 0 Å². The zero-order valence-electron chi connectivity index (χ0n) is 17.1. The van der Waals surface area contributed by atoms with Crippen molar-refractivity contribution in [3.05, 3.63) is 88.5 Å². The summed E-state index contributed by atoms with van der Waals surface area (Å²) in [5, 5.41) is 0. The number of hydrogen-bond acceptors (Lipinski definition) is 0. The molecule has 0 aliphatic heterocycles. The maximum Gasteiger partial charge on any atom is 0.417 e. The molecule has 0 aliphatic carbocycles. The SMILES string of the molecule is Cc1ccc([S+](c2ccc(C(F)(F)F)cc2)c2cc(C)c(C(F)(F)F)c(C(F)(F)F)c2)cc1. The van der Waals surface area contributed by atoms with Gasteiger partial charge in [0, 0.05) is 6.07 Å². The lowest BCUT2D eigenvalue weighted by molar-refractivity contribution is -0.162. The van der Waals surface area contributed by atoms with Crippen molar-refractivity contribution in [2.45, 2.75) is 47.1 Å². The van der Waals surface area contributed by atoms with Gasteiger partial charge in [0.2, 0.25) is 0 Å². The van der Waals surface area contributed by atoms with Crippen LogP contribution < -0.4 is 0 Å². The van der Waals surface area contributed by atoms with Crippen LogP contribution in [0.3, 0.4) is 0 Å². The van der Waals surface area contributed by atoms with Crippen LogP contribution in [0, 0.1) is 13.8 Å². The number of rotatable bonds is 3. The zero-order valence-corrected chi connectivity index (χ0v) is 17.9. The summed E-state index contributed by atoms with van der Waals surface area (Å²) < 4.78 is 120. The zero-order chi connectivity index (χ0) is 24.8. The minimum atomic E-state index is -5.28. The maximum atomic E-state index is 13.6. The lowest BCUT2D eigenvalue weighted by atomic mass is 10.0. The molecule has 0 nitrogen and oxygen atoms in total. The molecule has 0 radical (unpaired) electrons. The first-order valence-electron chi connectivity index (χ1n) is 9.36. The van der Waals surface area contributed by atoms with Gasteiger partial charge in [0.15, 0.2) is 14.7 Å². The van der Waals surface area contributed by atoms with E-state index in [9.17, 15) is 39.5 Å². The van der Waals surface area contributed by atoms with Crippen molar-refractivity contribution in [3.8, 4) is 0 Å². The Balaban J connectivity index is 2.27. The molecule has 3 aromatic carbocycles. The summed E-state index contributed by atoms with van der Waals surface area (Å²) in [6.45, 7) is 2.70. The van der Waals surface area contributed by atoms with Crippen molar-refractivity contribution in [3.63, 3.8) is 0 Å². The highest BCUT2D eigenvalue weighted by molar-refractivity contribution is 7.97. The van der Waals surface area contributed by atoms with E-state index in [-0.39, 0.29) is 9.79 Å². The molecule has 0 saturated heterocycles. The molecule has 0 heterocycles. The van der Waals surface area contributed by atoms with E-state index < -0.39 is 51.7 Å². The highest BCUT2D eigenvalue weighted by atomic mass is 32.2. The van der Waals surface area contributed by atoms with Crippen molar-refractivity contribution in [2.75, 3.05) is 0 Å². The summed E-state index contributed by atoms with van der Waals surface area (Å²) in [5.74, 6) is 0. The van der Waals surface area contributed by atoms with Crippen LogP contribution in [0.25, 0.3) is 0 Å². The van der Waals surface area contributed by atoms with Gasteiger partial charge in [0.05, 0.1) is 27.6 Å². The average Bonchev–Trinajstić information content (AvgIpc) is 2.67. The van der Waals surface area contributed by atoms with Crippen LogP contribution in [0.1, 0.15) is 27.8 Å². The Morgan fingerprint density at radius 2 is 1.03 bits per heavy atom. The summed E-state index contributed by atoms with van der Waals surface area (Å²) in [6, 6.07) is 11.8. The summed E-state index contributed by atoms with van der Waals surface area (Å²) >= 11 is 0. The molecule has 0 bridgehead atoms. The predicted molar refractivity (Wildman–Crippen MR) is 106 cm³/mol. The maximum absolute atomic E-state index is 13.6. The Labute approximate surface area is 186 Å². The van der Waals surface area contributed by atoms with Gasteiger partial charge in [0.1, 0.15) is 0 Å². The number of hydrogen-bond donors (Lipinski definition) is 0. The largest absolute Gasteiger partial charge is 0.417 e. The number of halogens is 9. The molecule has 3 rings (SSSR count). The van der Waals surface area contributed by atoms with Gasteiger partial charge in [0.25, 0.3) is 0 Å². The smallest absolute Gasteiger partial charge is 0.166 e. The van der Waals surface area contributed by atoms with E-state index in [1.165, 1.54) is 0 Å². The minimum Gasteiger partial charge on any atom is -0.166 e. The Bertz CT molecular complexity index is 1120. The number of aryl methyl sites for hydroxylation is 2. The van der Waals surface area contributed by atoms with Crippen LogP contribution in [0.5, 0.6) is 0 Å². The molecular formula is C23H16F9S+. The Hall–Kier alpha value is -2.62. The molecule has 33 heavy (non-hydrogen) atoms. The highest BCUT2D eigenvalue weighted by Gasteiger charge is 2.46. The molecule has 0 N–H and O–H groups in total. The highest BCUT2D eigenvalue weighted by Crippen LogP contribution is 2.45. The first kappa shape index (κ1) is 25.0.